The molecule has 1 heterocycles. The first kappa shape index (κ1) is 19.4. The van der Waals surface area contributed by atoms with Crippen LogP contribution in [0.4, 0.5) is 0 Å². The Morgan fingerprint density at radius 2 is 1.62 bits per heavy atom. The highest BCUT2D eigenvalue weighted by molar-refractivity contribution is 7.80. The van der Waals surface area contributed by atoms with Gasteiger partial charge in [0.25, 0.3) is 0 Å². The fourth-order valence-corrected chi connectivity index (χ4v) is 2.65. The van der Waals surface area contributed by atoms with Crippen molar-refractivity contribution in [3.63, 3.8) is 0 Å². The van der Waals surface area contributed by atoms with Gasteiger partial charge in [0, 0.05) is 4.90 Å². The molecular formula is C18H27BO4S. The molecule has 0 aliphatic carbocycles. The molecule has 1 saturated heterocycles. The SMILES string of the molecule is Cc1c(S)cc(B2OC(C)(C)C(C)(C)O2)cc1C(=O)OC(C)(C)C. The van der Waals surface area contributed by atoms with Crippen LogP contribution in [0.5, 0.6) is 0 Å². The van der Waals surface area contributed by atoms with Gasteiger partial charge in [0.15, 0.2) is 0 Å². The van der Waals surface area contributed by atoms with E-state index in [1.54, 1.807) is 6.07 Å². The van der Waals surface area contributed by atoms with Gasteiger partial charge in [-0.25, -0.2) is 4.79 Å². The minimum Gasteiger partial charge on any atom is -0.456 e. The van der Waals surface area contributed by atoms with E-state index >= 15 is 0 Å². The second-order valence-electron chi connectivity index (χ2n) is 8.30. The van der Waals surface area contributed by atoms with Crippen LogP contribution in [0.25, 0.3) is 0 Å². The molecule has 1 aliphatic rings. The monoisotopic (exact) mass is 350 g/mol. The van der Waals surface area contributed by atoms with E-state index in [1.807, 2.05) is 61.5 Å². The molecule has 0 unspecified atom stereocenters. The third kappa shape index (κ3) is 3.81. The Bertz CT molecular complexity index is 646. The lowest BCUT2D eigenvalue weighted by Crippen LogP contribution is -2.41. The van der Waals surface area contributed by atoms with E-state index in [0.717, 1.165) is 11.0 Å². The van der Waals surface area contributed by atoms with Crippen molar-refractivity contribution in [1.82, 2.24) is 0 Å². The summed E-state index contributed by atoms with van der Waals surface area (Å²) < 4.78 is 17.6. The Balaban J connectivity index is 2.39. The maximum Gasteiger partial charge on any atom is 0.494 e. The van der Waals surface area contributed by atoms with Gasteiger partial charge >= 0.3 is 13.1 Å². The van der Waals surface area contributed by atoms with E-state index in [2.05, 4.69) is 12.6 Å². The van der Waals surface area contributed by atoms with Crippen LogP contribution in [0.15, 0.2) is 17.0 Å². The molecule has 0 spiro atoms. The molecule has 0 amide bonds. The number of carbonyl (C=O) groups excluding carboxylic acids is 1. The molecule has 1 aliphatic heterocycles. The molecule has 1 aromatic rings. The summed E-state index contributed by atoms with van der Waals surface area (Å²) in [5, 5.41) is 0. The lowest BCUT2D eigenvalue weighted by Gasteiger charge is -2.32. The van der Waals surface area contributed by atoms with E-state index in [-0.39, 0.29) is 5.97 Å². The Morgan fingerprint density at radius 3 is 2.08 bits per heavy atom. The molecule has 0 aromatic heterocycles. The number of rotatable bonds is 2. The Hall–Kier alpha value is -0.975. The average Bonchev–Trinajstić information content (AvgIpc) is 2.59. The lowest BCUT2D eigenvalue weighted by molar-refractivity contribution is 0.00578. The van der Waals surface area contributed by atoms with E-state index in [1.165, 1.54) is 0 Å². The van der Waals surface area contributed by atoms with Crippen molar-refractivity contribution >= 4 is 31.2 Å². The first-order valence-corrected chi connectivity index (χ1v) is 8.61. The second-order valence-corrected chi connectivity index (χ2v) is 8.78. The summed E-state index contributed by atoms with van der Waals surface area (Å²) in [6.07, 6.45) is 0. The van der Waals surface area contributed by atoms with Gasteiger partial charge in [-0.1, -0.05) is 0 Å². The van der Waals surface area contributed by atoms with Crippen LogP contribution in [0.1, 0.15) is 64.4 Å². The van der Waals surface area contributed by atoms with Gasteiger partial charge in [-0.05, 0) is 78.5 Å². The van der Waals surface area contributed by atoms with Crippen LogP contribution in [0, 0.1) is 6.92 Å². The van der Waals surface area contributed by atoms with Crippen LogP contribution < -0.4 is 5.46 Å². The standard InChI is InChI=1S/C18H27BO4S/c1-11-13(15(20)21-16(2,3)4)9-12(10-14(11)24)19-22-17(5,6)18(7,8)23-19/h9-10,24H,1-8H3. The van der Waals surface area contributed by atoms with E-state index in [9.17, 15) is 4.79 Å². The predicted molar refractivity (Wildman–Crippen MR) is 99.3 cm³/mol. The van der Waals surface area contributed by atoms with Gasteiger partial charge in [-0.2, -0.15) is 0 Å². The molecule has 0 radical (unpaired) electrons. The van der Waals surface area contributed by atoms with E-state index in [0.29, 0.717) is 10.5 Å². The molecule has 0 atom stereocenters. The molecule has 0 bridgehead atoms. The molecule has 6 heteroatoms. The first-order valence-electron chi connectivity index (χ1n) is 8.16. The number of carbonyl (C=O) groups is 1. The Labute approximate surface area is 150 Å². The van der Waals surface area contributed by atoms with Crippen molar-refractivity contribution in [3.8, 4) is 0 Å². The van der Waals surface area contributed by atoms with Gasteiger partial charge in [-0.3, -0.25) is 0 Å². The zero-order valence-electron chi connectivity index (χ0n) is 15.8. The van der Waals surface area contributed by atoms with Crippen LogP contribution in [0.3, 0.4) is 0 Å². The fraction of sp³-hybridized carbons (Fsp3) is 0.611. The van der Waals surface area contributed by atoms with Gasteiger partial charge in [0.1, 0.15) is 5.60 Å². The number of ether oxygens (including phenoxy) is 1. The summed E-state index contributed by atoms with van der Waals surface area (Å²) in [6, 6.07) is 3.67. The van der Waals surface area contributed by atoms with Gasteiger partial charge in [-0.15, -0.1) is 12.6 Å². The van der Waals surface area contributed by atoms with Crippen molar-refractivity contribution in [2.45, 2.75) is 77.1 Å². The average molecular weight is 350 g/mol. The Morgan fingerprint density at radius 1 is 1.12 bits per heavy atom. The molecule has 1 aromatic carbocycles. The number of hydrogen-bond acceptors (Lipinski definition) is 5. The summed E-state index contributed by atoms with van der Waals surface area (Å²) in [7, 11) is -0.539. The fourth-order valence-electron chi connectivity index (χ4n) is 2.38. The van der Waals surface area contributed by atoms with Crippen LogP contribution in [-0.2, 0) is 14.0 Å². The normalized spacial score (nSPS) is 19.5. The highest BCUT2D eigenvalue weighted by Crippen LogP contribution is 2.36. The molecule has 1 fully saturated rings. The van der Waals surface area contributed by atoms with Gasteiger partial charge < -0.3 is 14.0 Å². The molecule has 0 N–H and O–H groups in total. The summed E-state index contributed by atoms with van der Waals surface area (Å²) >= 11 is 4.50. The summed E-state index contributed by atoms with van der Waals surface area (Å²) in [5.74, 6) is -0.367. The van der Waals surface area contributed by atoms with Crippen molar-refractivity contribution in [2.24, 2.45) is 0 Å². The van der Waals surface area contributed by atoms with Crippen LogP contribution >= 0.6 is 12.6 Å². The number of hydrogen-bond donors (Lipinski definition) is 1. The van der Waals surface area contributed by atoms with Crippen LogP contribution in [0.2, 0.25) is 0 Å². The molecule has 0 saturated carbocycles. The predicted octanol–water partition coefficient (Wildman–Crippen LogP) is 3.54. The topological polar surface area (TPSA) is 44.8 Å². The number of benzene rings is 1. The Kier molecular flexibility index (Phi) is 4.90. The quantitative estimate of drug-likeness (QED) is 0.503. The highest BCUT2D eigenvalue weighted by Gasteiger charge is 2.51. The molecule has 132 valence electrons. The van der Waals surface area contributed by atoms with Crippen molar-refractivity contribution in [1.29, 1.82) is 0 Å². The van der Waals surface area contributed by atoms with E-state index < -0.39 is 23.9 Å². The summed E-state index contributed by atoms with van der Waals surface area (Å²) in [5.41, 5.74) is 0.609. The third-order valence-electron chi connectivity index (χ3n) is 4.55. The number of thiol groups is 1. The van der Waals surface area contributed by atoms with Crippen LogP contribution in [-0.4, -0.2) is 29.9 Å². The van der Waals surface area contributed by atoms with Crippen molar-refractivity contribution < 1.29 is 18.8 Å². The van der Waals surface area contributed by atoms with Crippen molar-refractivity contribution in [2.75, 3.05) is 0 Å². The third-order valence-corrected chi connectivity index (χ3v) is 5.01. The molecule has 2 rings (SSSR count). The molecular weight excluding hydrogens is 323 g/mol. The largest absolute Gasteiger partial charge is 0.494 e. The zero-order valence-corrected chi connectivity index (χ0v) is 16.7. The second kappa shape index (κ2) is 6.08. The molecule has 24 heavy (non-hydrogen) atoms. The van der Waals surface area contributed by atoms with Crippen molar-refractivity contribution in [3.05, 3.63) is 23.3 Å². The minimum atomic E-state index is -0.555. The highest BCUT2D eigenvalue weighted by atomic mass is 32.1. The van der Waals surface area contributed by atoms with Gasteiger partial charge in [0.05, 0.1) is 16.8 Å². The van der Waals surface area contributed by atoms with Gasteiger partial charge in [0.2, 0.25) is 0 Å². The smallest absolute Gasteiger partial charge is 0.456 e. The maximum absolute atomic E-state index is 12.5. The minimum absolute atomic E-state index is 0.367. The zero-order chi connectivity index (χ0) is 18.5. The maximum atomic E-state index is 12.5. The summed E-state index contributed by atoms with van der Waals surface area (Å²) in [4.78, 5) is 13.2. The molecule has 4 nitrogen and oxygen atoms in total. The lowest BCUT2D eigenvalue weighted by atomic mass is 9.77. The van der Waals surface area contributed by atoms with E-state index in [4.69, 9.17) is 14.0 Å². The number of esters is 1. The first-order chi connectivity index (χ1) is 10.7. The summed E-state index contributed by atoms with van der Waals surface area (Å²) in [6.45, 7) is 15.4.